The Morgan fingerprint density at radius 2 is 1.76 bits per heavy atom. The standard InChI is InChI=1S/C16H13I2NO2/c1-10-16(20)19(9-11-2-4-12(17)5-3-11)14-7-6-13(18)8-15(14)21-10/h2-8,10H,9H2,1H3. The van der Waals surface area contributed by atoms with Gasteiger partial charge in [0.1, 0.15) is 5.75 Å². The van der Waals surface area contributed by atoms with Crippen molar-refractivity contribution in [2.45, 2.75) is 19.6 Å². The highest BCUT2D eigenvalue weighted by molar-refractivity contribution is 14.1. The molecule has 0 aliphatic carbocycles. The first-order valence-corrected chi connectivity index (χ1v) is 8.72. The van der Waals surface area contributed by atoms with Crippen molar-refractivity contribution in [3.05, 3.63) is 55.2 Å². The largest absolute Gasteiger partial charge is 0.479 e. The summed E-state index contributed by atoms with van der Waals surface area (Å²) < 4.78 is 8.00. The Hall–Kier alpha value is -0.830. The minimum absolute atomic E-state index is 0.00209. The van der Waals surface area contributed by atoms with Crippen LogP contribution in [-0.2, 0) is 11.3 Å². The van der Waals surface area contributed by atoms with Crippen molar-refractivity contribution in [1.82, 2.24) is 0 Å². The molecule has 0 spiro atoms. The lowest BCUT2D eigenvalue weighted by Gasteiger charge is -2.33. The third-order valence-electron chi connectivity index (χ3n) is 3.38. The van der Waals surface area contributed by atoms with E-state index in [4.69, 9.17) is 4.74 Å². The zero-order valence-corrected chi connectivity index (χ0v) is 15.7. The van der Waals surface area contributed by atoms with E-state index >= 15 is 0 Å². The Morgan fingerprint density at radius 3 is 2.48 bits per heavy atom. The number of halogens is 2. The molecular formula is C16H13I2NO2. The molecule has 0 fully saturated rings. The average molecular weight is 505 g/mol. The molecule has 108 valence electrons. The minimum Gasteiger partial charge on any atom is -0.479 e. The van der Waals surface area contributed by atoms with Crippen molar-refractivity contribution >= 4 is 56.8 Å². The number of amides is 1. The van der Waals surface area contributed by atoms with E-state index in [1.54, 1.807) is 6.92 Å². The van der Waals surface area contributed by atoms with Crippen molar-refractivity contribution in [2.24, 2.45) is 0 Å². The Morgan fingerprint density at radius 1 is 1.10 bits per heavy atom. The molecule has 5 heteroatoms. The number of anilines is 1. The first-order chi connectivity index (χ1) is 10.0. The second-order valence-electron chi connectivity index (χ2n) is 4.92. The van der Waals surface area contributed by atoms with Gasteiger partial charge in [-0.25, -0.2) is 0 Å². The molecule has 1 unspecified atom stereocenters. The second-order valence-corrected chi connectivity index (χ2v) is 7.41. The van der Waals surface area contributed by atoms with Gasteiger partial charge in [0.2, 0.25) is 0 Å². The molecule has 0 N–H and O–H groups in total. The van der Waals surface area contributed by atoms with E-state index < -0.39 is 6.10 Å². The Bertz CT molecular complexity index is 685. The first-order valence-electron chi connectivity index (χ1n) is 6.56. The van der Waals surface area contributed by atoms with Gasteiger partial charge in [0.05, 0.1) is 12.2 Å². The van der Waals surface area contributed by atoms with Crippen molar-refractivity contribution < 1.29 is 9.53 Å². The molecule has 1 aliphatic rings. The molecule has 1 atom stereocenters. The number of nitrogens with zero attached hydrogens (tertiary/aromatic N) is 1. The summed E-state index contributed by atoms with van der Waals surface area (Å²) in [5.41, 5.74) is 1.96. The second kappa shape index (κ2) is 6.12. The summed E-state index contributed by atoms with van der Waals surface area (Å²) in [6.45, 7) is 2.36. The van der Waals surface area contributed by atoms with Gasteiger partial charge in [-0.1, -0.05) is 12.1 Å². The van der Waals surface area contributed by atoms with Gasteiger partial charge >= 0.3 is 0 Å². The van der Waals surface area contributed by atoms with Crippen LogP contribution in [0.5, 0.6) is 5.75 Å². The third kappa shape index (κ3) is 3.18. The van der Waals surface area contributed by atoms with Gasteiger partial charge in [-0.2, -0.15) is 0 Å². The molecule has 1 amide bonds. The van der Waals surface area contributed by atoms with Gasteiger partial charge in [-0.3, -0.25) is 4.79 Å². The molecule has 0 aromatic heterocycles. The highest BCUT2D eigenvalue weighted by Crippen LogP contribution is 2.36. The smallest absolute Gasteiger partial charge is 0.268 e. The SMILES string of the molecule is CC1Oc2cc(I)ccc2N(Cc2ccc(I)cc2)C1=O. The fourth-order valence-electron chi connectivity index (χ4n) is 2.32. The van der Waals surface area contributed by atoms with Crippen LogP contribution in [0.1, 0.15) is 12.5 Å². The van der Waals surface area contributed by atoms with Crippen LogP contribution in [0.25, 0.3) is 0 Å². The molecule has 0 saturated carbocycles. The zero-order valence-electron chi connectivity index (χ0n) is 11.3. The maximum absolute atomic E-state index is 12.4. The highest BCUT2D eigenvalue weighted by atomic mass is 127. The third-order valence-corrected chi connectivity index (χ3v) is 4.77. The summed E-state index contributed by atoms with van der Waals surface area (Å²) in [4.78, 5) is 14.2. The van der Waals surface area contributed by atoms with Crippen LogP contribution in [0.15, 0.2) is 42.5 Å². The van der Waals surface area contributed by atoms with Crippen LogP contribution in [0, 0.1) is 7.14 Å². The topological polar surface area (TPSA) is 29.5 Å². The summed E-state index contributed by atoms with van der Waals surface area (Å²) in [6.07, 6.45) is -0.445. The van der Waals surface area contributed by atoms with Crippen LogP contribution < -0.4 is 9.64 Å². The summed E-state index contributed by atoms with van der Waals surface area (Å²) in [5.74, 6) is 0.779. The van der Waals surface area contributed by atoms with E-state index in [2.05, 4.69) is 69.4 Å². The molecular weight excluding hydrogens is 492 g/mol. The first kappa shape index (κ1) is 15.1. The minimum atomic E-state index is -0.445. The zero-order chi connectivity index (χ0) is 15.0. The normalized spacial score (nSPS) is 17.4. The number of carbonyl (C=O) groups is 1. The lowest BCUT2D eigenvalue weighted by atomic mass is 10.1. The van der Waals surface area contributed by atoms with E-state index in [1.807, 2.05) is 23.1 Å². The van der Waals surface area contributed by atoms with E-state index in [9.17, 15) is 4.79 Å². The van der Waals surface area contributed by atoms with E-state index in [0.29, 0.717) is 6.54 Å². The highest BCUT2D eigenvalue weighted by Gasteiger charge is 2.31. The molecule has 3 rings (SSSR count). The molecule has 2 aromatic carbocycles. The summed E-state index contributed by atoms with van der Waals surface area (Å²) in [7, 11) is 0. The summed E-state index contributed by atoms with van der Waals surface area (Å²) >= 11 is 4.53. The van der Waals surface area contributed by atoms with E-state index in [-0.39, 0.29) is 5.91 Å². The predicted molar refractivity (Wildman–Crippen MR) is 99.6 cm³/mol. The molecule has 3 nitrogen and oxygen atoms in total. The maximum Gasteiger partial charge on any atom is 0.268 e. The number of ether oxygens (including phenoxy) is 1. The van der Waals surface area contributed by atoms with E-state index in [1.165, 1.54) is 3.57 Å². The molecule has 0 saturated heterocycles. The molecule has 21 heavy (non-hydrogen) atoms. The fraction of sp³-hybridized carbons (Fsp3) is 0.188. The molecule has 2 aromatic rings. The van der Waals surface area contributed by atoms with Crippen molar-refractivity contribution in [3.63, 3.8) is 0 Å². The van der Waals surface area contributed by atoms with Gasteiger partial charge in [-0.05, 0) is 88.0 Å². The van der Waals surface area contributed by atoms with Crippen LogP contribution in [0.2, 0.25) is 0 Å². The number of rotatable bonds is 2. The Kier molecular flexibility index (Phi) is 4.39. The lowest BCUT2D eigenvalue weighted by molar-refractivity contribution is -0.125. The molecule has 1 heterocycles. The average Bonchev–Trinajstić information content (AvgIpc) is 2.46. The van der Waals surface area contributed by atoms with Gasteiger partial charge in [0, 0.05) is 7.14 Å². The maximum atomic E-state index is 12.4. The van der Waals surface area contributed by atoms with Gasteiger partial charge < -0.3 is 9.64 Å². The van der Waals surface area contributed by atoms with Gasteiger partial charge in [0.15, 0.2) is 6.10 Å². The van der Waals surface area contributed by atoms with Gasteiger partial charge in [0.25, 0.3) is 5.91 Å². The van der Waals surface area contributed by atoms with Crippen LogP contribution in [0.4, 0.5) is 5.69 Å². The van der Waals surface area contributed by atoms with Crippen molar-refractivity contribution in [1.29, 1.82) is 0 Å². The number of hydrogen-bond acceptors (Lipinski definition) is 2. The summed E-state index contributed by atoms with van der Waals surface area (Å²) in [6, 6.07) is 14.1. The van der Waals surface area contributed by atoms with Gasteiger partial charge in [-0.15, -0.1) is 0 Å². The quantitative estimate of drug-likeness (QED) is 0.573. The van der Waals surface area contributed by atoms with Crippen LogP contribution >= 0.6 is 45.2 Å². The Balaban J connectivity index is 1.96. The Labute approximate surface area is 151 Å². The fourth-order valence-corrected chi connectivity index (χ4v) is 3.14. The van der Waals surface area contributed by atoms with Crippen molar-refractivity contribution in [2.75, 3.05) is 4.90 Å². The number of hydrogen-bond donors (Lipinski definition) is 0. The molecule has 0 bridgehead atoms. The van der Waals surface area contributed by atoms with E-state index in [0.717, 1.165) is 20.6 Å². The number of fused-ring (bicyclic) bond motifs is 1. The molecule has 0 radical (unpaired) electrons. The number of carbonyl (C=O) groups excluding carboxylic acids is 1. The monoisotopic (exact) mass is 505 g/mol. The van der Waals surface area contributed by atoms with Crippen molar-refractivity contribution in [3.8, 4) is 5.75 Å². The summed E-state index contributed by atoms with van der Waals surface area (Å²) in [5, 5.41) is 0. The lowest BCUT2D eigenvalue weighted by Crippen LogP contribution is -2.44. The predicted octanol–water partition coefficient (Wildman–Crippen LogP) is 4.21. The molecule has 1 aliphatic heterocycles. The van der Waals surface area contributed by atoms with Crippen LogP contribution in [0.3, 0.4) is 0 Å². The van der Waals surface area contributed by atoms with Crippen LogP contribution in [-0.4, -0.2) is 12.0 Å². The number of benzene rings is 2.